The quantitative estimate of drug-likeness (QED) is 0.323. The van der Waals surface area contributed by atoms with Gasteiger partial charge in [-0.15, -0.1) is 0 Å². The van der Waals surface area contributed by atoms with Crippen molar-refractivity contribution in [1.82, 2.24) is 0 Å². The molecule has 0 aromatic carbocycles. The Morgan fingerprint density at radius 2 is 1.08 bits per heavy atom. The van der Waals surface area contributed by atoms with E-state index in [1.165, 1.54) is 0 Å². The van der Waals surface area contributed by atoms with Crippen LogP contribution in [0.25, 0.3) is 0 Å². The van der Waals surface area contributed by atoms with Crippen LogP contribution in [-0.4, -0.2) is 87.1 Å². The van der Waals surface area contributed by atoms with Gasteiger partial charge in [-0.05, 0) is 0 Å². The van der Waals surface area contributed by atoms with Crippen LogP contribution in [0.2, 0.25) is 0 Å². The molecule has 0 unspecified atom stereocenters. The molecule has 0 saturated carbocycles. The van der Waals surface area contributed by atoms with E-state index in [9.17, 15) is 8.42 Å². The molecule has 72 valence electrons. The SMILES string of the molecule is O=S(=O)(OP(O)O)OP(O)O.[NaH].[NaH]. The maximum absolute atomic E-state index is 10.2. The standard InChI is InChI=1S/2Na.H4O8P2S.2H/c;;1-9(2)7-11(5,6)8-10(3)4;;/h;;1-4H;;. The molecule has 0 aliphatic carbocycles. The van der Waals surface area contributed by atoms with Crippen molar-refractivity contribution in [3.63, 3.8) is 0 Å². The molecule has 13 heteroatoms. The molecule has 0 aliphatic heterocycles. The van der Waals surface area contributed by atoms with E-state index < -0.39 is 27.6 Å². The van der Waals surface area contributed by atoms with E-state index >= 15 is 0 Å². The summed E-state index contributed by atoms with van der Waals surface area (Å²) in [4.78, 5) is 31.9. The predicted molar refractivity (Wildman–Crippen MR) is 48.1 cm³/mol. The molecule has 8 nitrogen and oxygen atoms in total. The Kier molecular flexibility index (Phi) is 15.7. The number of hydrogen-bond donors (Lipinski definition) is 4. The first-order valence-corrected chi connectivity index (χ1v) is 5.50. The summed E-state index contributed by atoms with van der Waals surface area (Å²) in [6.45, 7) is 0. The fourth-order valence-electron chi connectivity index (χ4n) is 0.177. The van der Waals surface area contributed by atoms with Crippen LogP contribution in [0.5, 0.6) is 0 Å². The average molecular weight is 274 g/mol. The van der Waals surface area contributed by atoms with E-state index in [1.807, 2.05) is 0 Å². The van der Waals surface area contributed by atoms with Crippen molar-refractivity contribution in [2.45, 2.75) is 0 Å². The van der Waals surface area contributed by atoms with Crippen LogP contribution in [-0.2, 0) is 18.3 Å². The van der Waals surface area contributed by atoms with Gasteiger partial charge in [0.05, 0.1) is 0 Å². The zero-order valence-electron chi connectivity index (χ0n) is 4.72. The van der Waals surface area contributed by atoms with Gasteiger partial charge in [0.25, 0.3) is 0 Å². The van der Waals surface area contributed by atoms with Gasteiger partial charge in [0.15, 0.2) is 0 Å². The maximum atomic E-state index is 10.2. The third kappa shape index (κ3) is 14.6. The van der Waals surface area contributed by atoms with Gasteiger partial charge in [-0.1, -0.05) is 0 Å². The van der Waals surface area contributed by atoms with Crippen LogP contribution in [0, 0.1) is 0 Å². The van der Waals surface area contributed by atoms with Gasteiger partial charge >= 0.3 is 86.7 Å². The molecule has 0 fully saturated rings. The van der Waals surface area contributed by atoms with E-state index in [1.54, 1.807) is 0 Å². The second kappa shape index (κ2) is 9.77. The Hall–Kier alpha value is 2.57. The van der Waals surface area contributed by atoms with Crippen LogP contribution < -0.4 is 0 Å². The van der Waals surface area contributed by atoms with Crippen molar-refractivity contribution in [2.24, 2.45) is 0 Å². The van der Waals surface area contributed by atoms with Crippen LogP contribution in [0.3, 0.4) is 0 Å². The predicted octanol–water partition coefficient (Wildman–Crippen LogP) is -2.61. The Balaban J connectivity index is -0.000000500. The van der Waals surface area contributed by atoms with Crippen molar-refractivity contribution in [3.8, 4) is 0 Å². The van der Waals surface area contributed by atoms with Crippen molar-refractivity contribution in [2.75, 3.05) is 0 Å². The van der Waals surface area contributed by atoms with Crippen LogP contribution >= 0.6 is 17.2 Å². The molecule has 0 amide bonds. The molecule has 0 bridgehead atoms. The summed E-state index contributed by atoms with van der Waals surface area (Å²) >= 11 is 0. The van der Waals surface area contributed by atoms with E-state index in [-0.39, 0.29) is 59.1 Å². The molecule has 0 saturated heterocycles. The van der Waals surface area contributed by atoms with Crippen molar-refractivity contribution in [1.29, 1.82) is 0 Å². The molecule has 0 rings (SSSR count). The van der Waals surface area contributed by atoms with Gasteiger partial charge in [-0.2, -0.15) is 16.4 Å². The average Bonchev–Trinajstić information content (AvgIpc) is 1.53. The minimum absolute atomic E-state index is 0. The molecule has 0 aromatic heterocycles. The van der Waals surface area contributed by atoms with E-state index in [0.717, 1.165) is 0 Å². The molecule has 13 heavy (non-hydrogen) atoms. The molecule has 0 atom stereocenters. The van der Waals surface area contributed by atoms with Crippen LogP contribution in [0.4, 0.5) is 0 Å². The number of rotatable bonds is 4. The van der Waals surface area contributed by atoms with Gasteiger partial charge in [0, 0.05) is 0 Å². The van der Waals surface area contributed by atoms with Crippen molar-refractivity contribution < 1.29 is 35.9 Å². The van der Waals surface area contributed by atoms with Gasteiger partial charge in [0.2, 0.25) is 0 Å². The molecular weight excluding hydrogens is 268 g/mol. The van der Waals surface area contributed by atoms with Gasteiger partial charge in [0.1, 0.15) is 0 Å². The summed E-state index contributed by atoms with van der Waals surface area (Å²) in [5, 5.41) is 0. The molecule has 0 heterocycles. The van der Waals surface area contributed by atoms with E-state index in [0.29, 0.717) is 0 Å². The van der Waals surface area contributed by atoms with E-state index in [4.69, 9.17) is 19.6 Å². The topological polar surface area (TPSA) is 134 Å². The van der Waals surface area contributed by atoms with Gasteiger partial charge in [-0.3, -0.25) is 0 Å². The molecule has 4 N–H and O–H groups in total. The second-order valence-corrected chi connectivity index (χ2v) is 4.08. The van der Waals surface area contributed by atoms with E-state index in [2.05, 4.69) is 7.94 Å². The molecular formula is H6Na2O8P2S. The Morgan fingerprint density at radius 3 is 1.23 bits per heavy atom. The first kappa shape index (κ1) is 20.9. The Morgan fingerprint density at radius 1 is 0.846 bits per heavy atom. The molecule has 0 radical (unpaired) electrons. The molecule has 0 aliphatic rings. The van der Waals surface area contributed by atoms with Gasteiger partial charge < -0.3 is 19.6 Å². The fraction of sp³-hybridized carbons (Fsp3) is 0. The normalized spacial score (nSPS) is 10.9. The van der Waals surface area contributed by atoms with Crippen LogP contribution in [0.15, 0.2) is 0 Å². The summed E-state index contributed by atoms with van der Waals surface area (Å²) in [5.74, 6) is 0. The van der Waals surface area contributed by atoms with Crippen molar-refractivity contribution in [3.05, 3.63) is 0 Å². The summed E-state index contributed by atoms with van der Waals surface area (Å²) in [6.07, 6.45) is 0. The van der Waals surface area contributed by atoms with Gasteiger partial charge in [-0.25, -0.2) is 0 Å². The summed E-state index contributed by atoms with van der Waals surface area (Å²) in [5.41, 5.74) is 0. The first-order valence-electron chi connectivity index (χ1n) is 1.83. The second-order valence-electron chi connectivity index (χ2n) is 1.06. The fourth-order valence-corrected chi connectivity index (χ4v) is 1.84. The Bertz CT molecular complexity index is 182. The molecule has 0 aromatic rings. The van der Waals surface area contributed by atoms with Crippen molar-refractivity contribution >= 4 is 86.7 Å². The summed E-state index contributed by atoms with van der Waals surface area (Å²) < 4.78 is 27.1. The van der Waals surface area contributed by atoms with Crippen LogP contribution in [0.1, 0.15) is 0 Å². The first-order chi connectivity index (χ1) is 4.83. The zero-order valence-corrected chi connectivity index (χ0v) is 7.33. The number of hydrogen-bond acceptors (Lipinski definition) is 8. The molecule has 0 spiro atoms. The Labute approximate surface area is 121 Å². The third-order valence-electron chi connectivity index (χ3n) is 0.316. The third-order valence-corrected chi connectivity index (χ3v) is 2.84. The summed E-state index contributed by atoms with van der Waals surface area (Å²) in [6, 6.07) is 0. The minimum atomic E-state index is -4.72. The summed E-state index contributed by atoms with van der Waals surface area (Å²) in [7, 11) is -11.0. The monoisotopic (exact) mass is 274 g/mol. The zero-order chi connectivity index (χ0) is 9.07.